The number of ether oxygens (including phenoxy) is 1. The van der Waals surface area contributed by atoms with Crippen molar-refractivity contribution < 1.29 is 14.6 Å². The van der Waals surface area contributed by atoms with E-state index >= 15 is 0 Å². The second-order valence-corrected chi connectivity index (χ2v) is 10.8. The number of rotatable bonds is 7. The average Bonchev–Trinajstić information content (AvgIpc) is 3.16. The van der Waals surface area contributed by atoms with Gasteiger partial charge in [-0.15, -0.1) is 0 Å². The topological polar surface area (TPSA) is 46.5 Å². The number of hydrogen-bond donors (Lipinski definition) is 1. The van der Waals surface area contributed by atoms with E-state index in [1.54, 1.807) is 0 Å². The fourth-order valence-corrected chi connectivity index (χ4v) is 5.36. The molecule has 0 aromatic heterocycles. The van der Waals surface area contributed by atoms with Gasteiger partial charge in [0.1, 0.15) is 5.75 Å². The molecule has 170 valence electrons. The summed E-state index contributed by atoms with van der Waals surface area (Å²) < 4.78 is 6.34. The number of carboxylic acids is 1. The van der Waals surface area contributed by atoms with Crippen LogP contribution in [0.3, 0.4) is 0 Å². The van der Waals surface area contributed by atoms with E-state index in [0.29, 0.717) is 11.8 Å². The van der Waals surface area contributed by atoms with Gasteiger partial charge >= 0.3 is 5.97 Å². The van der Waals surface area contributed by atoms with E-state index in [1.807, 2.05) is 13.0 Å². The highest BCUT2D eigenvalue weighted by molar-refractivity contribution is 5.81. The van der Waals surface area contributed by atoms with Gasteiger partial charge in [0.15, 0.2) is 0 Å². The highest BCUT2D eigenvalue weighted by atomic mass is 16.5. The van der Waals surface area contributed by atoms with Crippen molar-refractivity contribution in [1.29, 1.82) is 0 Å². The normalized spacial score (nSPS) is 24.9. The molecule has 2 aliphatic carbocycles. The maximum Gasteiger partial charge on any atom is 0.328 e. The molecule has 1 N–H and O–H groups in total. The molecule has 0 aliphatic heterocycles. The minimum absolute atomic E-state index is 0.168. The van der Waals surface area contributed by atoms with E-state index in [0.717, 1.165) is 37.2 Å². The number of carbonyl (C=O) groups is 1. The van der Waals surface area contributed by atoms with Gasteiger partial charge in [-0.3, -0.25) is 0 Å². The molecule has 3 nitrogen and oxygen atoms in total. The first-order chi connectivity index (χ1) is 14.5. The van der Waals surface area contributed by atoms with Gasteiger partial charge in [0.05, 0.1) is 6.61 Å². The van der Waals surface area contributed by atoms with Gasteiger partial charge in [-0.25, -0.2) is 4.79 Å². The van der Waals surface area contributed by atoms with Crippen LogP contribution < -0.4 is 4.74 Å². The average molecular weight is 425 g/mol. The van der Waals surface area contributed by atoms with E-state index < -0.39 is 5.97 Å². The molecular formula is C28H40O3. The van der Waals surface area contributed by atoms with Gasteiger partial charge in [-0.05, 0) is 90.0 Å². The lowest BCUT2D eigenvalue weighted by Crippen LogP contribution is -2.34. The maximum atomic E-state index is 11.0. The number of benzene rings is 1. The van der Waals surface area contributed by atoms with Crippen LogP contribution in [0.15, 0.2) is 35.9 Å². The standard InChI is InChI=1S/C28H40O3/c1-7-15-31-25-18-24-23(27(3,4)13-14-28(24,5)6)17-22(25)21-10-8-9-20(21)12-11-19(2)16-26(29)30/h11-12,16-18,20-21H,7-10,13-15H2,1-6H3,(H,29,30)/t20-,21-/m0/s1. The molecule has 1 aromatic rings. The van der Waals surface area contributed by atoms with E-state index in [-0.39, 0.29) is 10.8 Å². The van der Waals surface area contributed by atoms with E-state index in [1.165, 1.54) is 42.0 Å². The van der Waals surface area contributed by atoms with Gasteiger partial charge < -0.3 is 9.84 Å². The van der Waals surface area contributed by atoms with Crippen molar-refractivity contribution in [2.24, 2.45) is 5.92 Å². The van der Waals surface area contributed by atoms with Gasteiger partial charge in [0.25, 0.3) is 0 Å². The molecule has 0 unspecified atom stereocenters. The Morgan fingerprint density at radius 3 is 2.39 bits per heavy atom. The van der Waals surface area contributed by atoms with Crippen molar-refractivity contribution in [2.45, 2.75) is 96.8 Å². The molecule has 3 rings (SSSR count). The third-order valence-corrected chi connectivity index (χ3v) is 7.37. The number of aliphatic carboxylic acids is 1. The predicted octanol–water partition coefficient (Wildman–Crippen LogP) is 7.30. The van der Waals surface area contributed by atoms with Crippen LogP contribution in [0.5, 0.6) is 5.75 Å². The molecule has 0 amide bonds. The summed E-state index contributed by atoms with van der Waals surface area (Å²) in [7, 11) is 0. The number of allylic oxidation sites excluding steroid dienone is 3. The van der Waals surface area contributed by atoms with Gasteiger partial charge in [-0.1, -0.05) is 59.3 Å². The Balaban J connectivity index is 2.04. The summed E-state index contributed by atoms with van der Waals surface area (Å²) in [6.07, 6.45) is 12.4. The summed E-state index contributed by atoms with van der Waals surface area (Å²) in [5, 5.41) is 9.00. The second-order valence-electron chi connectivity index (χ2n) is 10.8. The Kier molecular flexibility index (Phi) is 7.03. The van der Waals surface area contributed by atoms with Crippen LogP contribution in [0.2, 0.25) is 0 Å². The van der Waals surface area contributed by atoms with Crippen molar-refractivity contribution >= 4 is 5.97 Å². The quantitative estimate of drug-likeness (QED) is 0.369. The van der Waals surface area contributed by atoms with Crippen molar-refractivity contribution in [1.82, 2.24) is 0 Å². The zero-order chi connectivity index (χ0) is 22.8. The molecular weight excluding hydrogens is 384 g/mol. The molecule has 1 saturated carbocycles. The third-order valence-electron chi connectivity index (χ3n) is 7.37. The lowest BCUT2D eigenvalue weighted by Gasteiger charge is -2.42. The SMILES string of the molecule is CCCOc1cc2c(cc1[C@H]1CCC[C@H]1C=CC(C)=CC(=O)O)C(C)(C)CCC2(C)C. The van der Waals surface area contributed by atoms with Gasteiger partial charge in [0, 0.05) is 6.08 Å². The van der Waals surface area contributed by atoms with E-state index in [9.17, 15) is 4.79 Å². The molecule has 0 saturated heterocycles. The van der Waals surface area contributed by atoms with Crippen molar-refractivity contribution in [3.63, 3.8) is 0 Å². The van der Waals surface area contributed by atoms with Crippen molar-refractivity contribution in [2.75, 3.05) is 6.61 Å². The molecule has 1 aromatic carbocycles. The Morgan fingerprint density at radius 2 is 1.77 bits per heavy atom. The first-order valence-corrected chi connectivity index (χ1v) is 12.0. The number of carboxylic acid groups (broad SMARTS) is 1. The maximum absolute atomic E-state index is 11.0. The van der Waals surface area contributed by atoms with Crippen LogP contribution >= 0.6 is 0 Å². The van der Waals surface area contributed by atoms with Crippen LogP contribution in [-0.2, 0) is 15.6 Å². The highest BCUT2D eigenvalue weighted by Crippen LogP contribution is 2.51. The number of fused-ring (bicyclic) bond motifs is 1. The molecule has 0 heterocycles. The highest BCUT2D eigenvalue weighted by Gasteiger charge is 2.39. The summed E-state index contributed by atoms with van der Waals surface area (Å²) in [5.74, 6) is 1.01. The minimum Gasteiger partial charge on any atom is -0.493 e. The van der Waals surface area contributed by atoms with Crippen LogP contribution in [0.25, 0.3) is 0 Å². The van der Waals surface area contributed by atoms with E-state index in [2.05, 4.69) is 52.8 Å². The second kappa shape index (κ2) is 9.22. The predicted molar refractivity (Wildman–Crippen MR) is 128 cm³/mol. The zero-order valence-corrected chi connectivity index (χ0v) is 20.3. The zero-order valence-electron chi connectivity index (χ0n) is 20.3. The van der Waals surface area contributed by atoms with Crippen LogP contribution in [0.1, 0.15) is 103 Å². The summed E-state index contributed by atoms with van der Waals surface area (Å²) in [4.78, 5) is 11.0. The van der Waals surface area contributed by atoms with Gasteiger partial charge in [0.2, 0.25) is 0 Å². The molecule has 0 radical (unpaired) electrons. The first kappa shape index (κ1) is 23.6. The monoisotopic (exact) mass is 424 g/mol. The fourth-order valence-electron chi connectivity index (χ4n) is 5.36. The first-order valence-electron chi connectivity index (χ1n) is 12.0. The Labute approximate surface area is 188 Å². The molecule has 31 heavy (non-hydrogen) atoms. The van der Waals surface area contributed by atoms with Crippen LogP contribution in [0.4, 0.5) is 0 Å². The third kappa shape index (κ3) is 5.25. The molecule has 1 fully saturated rings. The Hall–Kier alpha value is -2.03. The molecule has 2 atom stereocenters. The van der Waals surface area contributed by atoms with Crippen molar-refractivity contribution in [3.05, 3.63) is 52.6 Å². The lowest BCUT2D eigenvalue weighted by molar-refractivity contribution is -0.131. The Morgan fingerprint density at radius 1 is 1.13 bits per heavy atom. The molecule has 3 heteroatoms. The van der Waals surface area contributed by atoms with Crippen molar-refractivity contribution in [3.8, 4) is 5.75 Å². The molecule has 0 spiro atoms. The summed E-state index contributed by atoms with van der Waals surface area (Å²) in [6.45, 7) is 14.2. The molecule has 2 aliphatic rings. The fraction of sp³-hybridized carbons (Fsp3) is 0.607. The summed E-state index contributed by atoms with van der Waals surface area (Å²) in [6, 6.07) is 4.83. The Bertz CT molecular complexity index is 872. The van der Waals surface area contributed by atoms with Crippen LogP contribution in [0, 0.1) is 5.92 Å². The molecule has 0 bridgehead atoms. The van der Waals surface area contributed by atoms with Crippen LogP contribution in [-0.4, -0.2) is 17.7 Å². The minimum atomic E-state index is -0.889. The largest absolute Gasteiger partial charge is 0.493 e. The number of hydrogen-bond acceptors (Lipinski definition) is 2. The lowest BCUT2D eigenvalue weighted by atomic mass is 9.62. The summed E-state index contributed by atoms with van der Waals surface area (Å²) in [5.41, 5.74) is 5.41. The smallest absolute Gasteiger partial charge is 0.328 e. The van der Waals surface area contributed by atoms with Gasteiger partial charge in [-0.2, -0.15) is 0 Å². The van der Waals surface area contributed by atoms with E-state index in [4.69, 9.17) is 9.84 Å². The summed E-state index contributed by atoms with van der Waals surface area (Å²) >= 11 is 0.